The molecule has 33 heavy (non-hydrogen) atoms. The summed E-state index contributed by atoms with van der Waals surface area (Å²) in [4.78, 5) is 11.5. The summed E-state index contributed by atoms with van der Waals surface area (Å²) >= 11 is 0. The van der Waals surface area contributed by atoms with Crippen LogP contribution >= 0.6 is 0 Å². The maximum Gasteiger partial charge on any atom is 0.377 e. The van der Waals surface area contributed by atoms with E-state index in [2.05, 4.69) is 0 Å². The highest BCUT2D eigenvalue weighted by Gasteiger charge is 2.60. The Labute approximate surface area is 197 Å². The van der Waals surface area contributed by atoms with Gasteiger partial charge in [-0.25, -0.2) is 4.79 Å². The van der Waals surface area contributed by atoms with Gasteiger partial charge in [-0.15, -0.1) is 0 Å². The fourth-order valence-corrected chi connectivity index (χ4v) is 3.57. The minimum Gasteiger partial charge on any atom is -0.477 e. The Kier molecular flexibility index (Phi) is 15.3. The van der Waals surface area contributed by atoms with Crippen molar-refractivity contribution in [2.75, 3.05) is 33.0 Å². The van der Waals surface area contributed by atoms with Gasteiger partial charge in [0.15, 0.2) is 6.10 Å². The molecule has 9 heteroatoms. The number of unbranched alkanes of at least 4 members (excludes halogenated alkanes) is 4. The van der Waals surface area contributed by atoms with Crippen LogP contribution in [0.5, 0.6) is 0 Å². The minimum absolute atomic E-state index is 0.0122. The Morgan fingerprint density at radius 2 is 1.24 bits per heavy atom. The number of carboxylic acids is 1. The number of aliphatic carboxylic acids is 1. The van der Waals surface area contributed by atoms with Gasteiger partial charge in [0.05, 0.1) is 6.61 Å². The second kappa shape index (κ2) is 16.7. The summed E-state index contributed by atoms with van der Waals surface area (Å²) in [6, 6.07) is 0. The standard InChI is InChI=1S/C24H44F2O7/c1-5-9-13-29-17-18-19(30-14-10-6-2)20(31-15-11-7-3)21(32-16-12-8-4)22(33-18)24(25,26)23(27)28/h18-22H,5-17H2,1-4H3,(H,27,28)/t18-,19+,20+,21-,22-/m1/s1. The van der Waals surface area contributed by atoms with Crippen LogP contribution in [0.25, 0.3) is 0 Å². The number of alkyl halides is 2. The van der Waals surface area contributed by atoms with E-state index in [1.165, 1.54) is 0 Å². The van der Waals surface area contributed by atoms with Crippen molar-refractivity contribution in [3.63, 3.8) is 0 Å². The van der Waals surface area contributed by atoms with E-state index in [1.54, 1.807) is 0 Å². The van der Waals surface area contributed by atoms with Crippen molar-refractivity contribution in [2.45, 2.75) is 116 Å². The van der Waals surface area contributed by atoms with Crippen molar-refractivity contribution in [3.8, 4) is 0 Å². The maximum absolute atomic E-state index is 14.9. The van der Waals surface area contributed by atoms with E-state index in [9.17, 15) is 18.7 Å². The minimum atomic E-state index is -4.15. The normalized spacial score (nSPS) is 25.9. The molecule has 0 unspecified atom stereocenters. The Hall–Kier alpha value is -0.870. The molecule has 0 aliphatic carbocycles. The molecule has 0 aromatic heterocycles. The highest BCUT2D eigenvalue weighted by Crippen LogP contribution is 2.37. The lowest BCUT2D eigenvalue weighted by atomic mass is 9.91. The molecule has 0 amide bonds. The molecule has 0 radical (unpaired) electrons. The first-order valence-electron chi connectivity index (χ1n) is 12.5. The largest absolute Gasteiger partial charge is 0.477 e. The van der Waals surface area contributed by atoms with Crippen molar-refractivity contribution in [1.29, 1.82) is 0 Å². The van der Waals surface area contributed by atoms with Crippen LogP contribution in [0.4, 0.5) is 8.78 Å². The fourth-order valence-electron chi connectivity index (χ4n) is 3.57. The molecule has 0 saturated carbocycles. The van der Waals surface area contributed by atoms with Crippen molar-refractivity contribution in [2.24, 2.45) is 0 Å². The first kappa shape index (κ1) is 30.2. The monoisotopic (exact) mass is 482 g/mol. The van der Waals surface area contributed by atoms with E-state index in [0.29, 0.717) is 26.2 Å². The summed E-state index contributed by atoms with van der Waals surface area (Å²) in [6.07, 6.45) is 0.710. The van der Waals surface area contributed by atoms with Gasteiger partial charge in [0.2, 0.25) is 0 Å². The Bertz CT molecular complexity index is 521. The van der Waals surface area contributed by atoms with E-state index >= 15 is 0 Å². The van der Waals surface area contributed by atoms with Gasteiger partial charge in [0, 0.05) is 26.4 Å². The van der Waals surface area contributed by atoms with Crippen LogP contribution in [0.2, 0.25) is 0 Å². The summed E-state index contributed by atoms with van der Waals surface area (Å²) in [5.41, 5.74) is 0. The molecular weight excluding hydrogens is 438 g/mol. The molecule has 1 rings (SSSR count). The highest BCUT2D eigenvalue weighted by atomic mass is 19.3. The van der Waals surface area contributed by atoms with E-state index in [1.807, 2.05) is 27.7 Å². The summed E-state index contributed by atoms with van der Waals surface area (Å²) in [5, 5.41) is 9.27. The average molecular weight is 483 g/mol. The fraction of sp³-hybridized carbons (Fsp3) is 0.958. The van der Waals surface area contributed by atoms with Crippen LogP contribution < -0.4 is 0 Å². The van der Waals surface area contributed by atoms with Gasteiger partial charge >= 0.3 is 11.9 Å². The first-order valence-corrected chi connectivity index (χ1v) is 12.5. The van der Waals surface area contributed by atoms with Gasteiger partial charge in [0.1, 0.15) is 24.4 Å². The van der Waals surface area contributed by atoms with Crippen LogP contribution in [0.15, 0.2) is 0 Å². The van der Waals surface area contributed by atoms with Crippen molar-refractivity contribution in [3.05, 3.63) is 0 Å². The third-order valence-corrected chi connectivity index (χ3v) is 5.63. The number of halogens is 2. The molecule has 0 aromatic rings. The first-order chi connectivity index (χ1) is 15.8. The molecule has 1 heterocycles. The SMILES string of the molecule is CCCCOC[C@H]1O[C@@H](C(F)(F)C(=O)O)[C@H](OCCCC)[C@@H](OCCCC)[C@H]1OCCCC. The molecular formula is C24H44F2O7. The second-order valence-electron chi connectivity index (χ2n) is 8.52. The van der Waals surface area contributed by atoms with E-state index in [-0.39, 0.29) is 13.2 Å². The van der Waals surface area contributed by atoms with E-state index < -0.39 is 42.4 Å². The van der Waals surface area contributed by atoms with Gasteiger partial charge in [-0.2, -0.15) is 8.78 Å². The number of hydrogen-bond donors (Lipinski definition) is 1. The second-order valence-corrected chi connectivity index (χ2v) is 8.52. The number of rotatable bonds is 19. The lowest BCUT2D eigenvalue weighted by Crippen LogP contribution is -2.66. The third kappa shape index (κ3) is 9.72. The van der Waals surface area contributed by atoms with Crippen LogP contribution in [0.1, 0.15) is 79.1 Å². The van der Waals surface area contributed by atoms with Gasteiger partial charge in [-0.05, 0) is 25.7 Å². The zero-order valence-corrected chi connectivity index (χ0v) is 20.7. The van der Waals surface area contributed by atoms with Crippen LogP contribution in [-0.4, -0.2) is 80.6 Å². The molecule has 0 spiro atoms. The smallest absolute Gasteiger partial charge is 0.377 e. The number of ether oxygens (including phenoxy) is 5. The van der Waals surface area contributed by atoms with Crippen LogP contribution in [0, 0.1) is 0 Å². The summed E-state index contributed by atoms with van der Waals surface area (Å²) in [5.74, 6) is -6.40. The van der Waals surface area contributed by atoms with Gasteiger partial charge in [0.25, 0.3) is 0 Å². The number of hydrogen-bond acceptors (Lipinski definition) is 6. The van der Waals surface area contributed by atoms with Gasteiger partial charge in [-0.1, -0.05) is 53.4 Å². The predicted octanol–water partition coefficient (Wildman–Crippen LogP) is 4.85. The summed E-state index contributed by atoms with van der Waals surface area (Å²) in [6.45, 7) is 9.42. The van der Waals surface area contributed by atoms with Crippen molar-refractivity contribution in [1.82, 2.24) is 0 Å². The zero-order chi connectivity index (χ0) is 24.7. The highest BCUT2D eigenvalue weighted by molar-refractivity contribution is 5.76. The molecule has 1 aliphatic rings. The van der Waals surface area contributed by atoms with Gasteiger partial charge < -0.3 is 28.8 Å². The molecule has 1 aliphatic heterocycles. The van der Waals surface area contributed by atoms with Crippen molar-refractivity contribution >= 4 is 5.97 Å². The number of carbonyl (C=O) groups is 1. The molecule has 0 bridgehead atoms. The zero-order valence-electron chi connectivity index (χ0n) is 20.7. The predicted molar refractivity (Wildman–Crippen MR) is 121 cm³/mol. The van der Waals surface area contributed by atoms with E-state index in [4.69, 9.17) is 23.7 Å². The third-order valence-electron chi connectivity index (χ3n) is 5.63. The lowest BCUT2D eigenvalue weighted by Gasteiger charge is -2.47. The Morgan fingerprint density at radius 3 is 1.73 bits per heavy atom. The summed E-state index contributed by atoms with van der Waals surface area (Å²) < 4.78 is 59.1. The molecule has 5 atom stereocenters. The molecule has 1 fully saturated rings. The number of carboxylic acid groups (broad SMARTS) is 1. The van der Waals surface area contributed by atoms with Gasteiger partial charge in [-0.3, -0.25) is 0 Å². The Morgan fingerprint density at radius 1 is 0.788 bits per heavy atom. The average Bonchev–Trinajstić information content (AvgIpc) is 2.78. The van der Waals surface area contributed by atoms with Crippen LogP contribution in [0.3, 0.4) is 0 Å². The molecule has 1 saturated heterocycles. The maximum atomic E-state index is 14.9. The topological polar surface area (TPSA) is 83.5 Å². The molecule has 7 nitrogen and oxygen atoms in total. The van der Waals surface area contributed by atoms with Crippen molar-refractivity contribution < 1.29 is 42.4 Å². The molecule has 0 aromatic carbocycles. The molecule has 196 valence electrons. The Balaban J connectivity index is 3.26. The van der Waals surface area contributed by atoms with E-state index in [0.717, 1.165) is 44.9 Å². The lowest BCUT2D eigenvalue weighted by molar-refractivity contribution is -0.302. The molecule has 1 N–H and O–H groups in total. The van der Waals surface area contributed by atoms with Crippen LogP contribution in [-0.2, 0) is 28.5 Å². The summed E-state index contributed by atoms with van der Waals surface area (Å²) in [7, 11) is 0. The quantitative estimate of drug-likeness (QED) is 0.264.